The Hall–Kier alpha value is -0.910. The summed E-state index contributed by atoms with van der Waals surface area (Å²) >= 11 is 9.22. The maximum Gasteiger partial charge on any atom is 0.197 e. The average Bonchev–Trinajstić information content (AvgIpc) is 2.38. The van der Waals surface area contributed by atoms with E-state index < -0.39 is 9.84 Å². The van der Waals surface area contributed by atoms with E-state index in [4.69, 9.17) is 11.6 Å². The second kappa shape index (κ2) is 6.03. The van der Waals surface area contributed by atoms with Crippen molar-refractivity contribution in [3.8, 4) is 0 Å². The number of aromatic nitrogens is 1. The van der Waals surface area contributed by atoms with Gasteiger partial charge in [0.2, 0.25) is 0 Å². The van der Waals surface area contributed by atoms with Crippen molar-refractivity contribution in [1.29, 1.82) is 0 Å². The molecule has 1 aromatic heterocycles. The molecule has 0 saturated carbocycles. The largest absolute Gasteiger partial charge is 0.244 e. The Morgan fingerprint density at radius 2 is 1.89 bits per heavy atom. The molecule has 100 valence electrons. The van der Waals surface area contributed by atoms with Crippen molar-refractivity contribution < 1.29 is 8.42 Å². The van der Waals surface area contributed by atoms with Gasteiger partial charge in [0.1, 0.15) is 0 Å². The third kappa shape index (κ3) is 3.55. The van der Waals surface area contributed by atoms with Crippen LogP contribution < -0.4 is 0 Å². The van der Waals surface area contributed by atoms with Crippen molar-refractivity contribution in [3.63, 3.8) is 0 Å². The van der Waals surface area contributed by atoms with Crippen LogP contribution in [0.3, 0.4) is 0 Å². The highest BCUT2D eigenvalue weighted by molar-refractivity contribution is 9.10. The monoisotopic (exact) mass is 359 g/mol. The summed E-state index contributed by atoms with van der Waals surface area (Å²) in [5.41, 5.74) is 0.819. The quantitative estimate of drug-likeness (QED) is 0.838. The second-order valence-electron chi connectivity index (χ2n) is 3.95. The molecule has 2 rings (SSSR count). The molecule has 0 bridgehead atoms. The summed E-state index contributed by atoms with van der Waals surface area (Å²) in [4.78, 5) is 3.92. The first-order chi connectivity index (χ1) is 9.00. The summed E-state index contributed by atoms with van der Waals surface area (Å²) in [6, 6.07) is 10.6. The van der Waals surface area contributed by atoms with E-state index in [1.807, 2.05) is 18.2 Å². The molecule has 0 unspecified atom stereocenters. The third-order valence-electron chi connectivity index (χ3n) is 2.62. The Morgan fingerprint density at radius 3 is 2.58 bits per heavy atom. The number of pyridine rings is 1. The maximum atomic E-state index is 12.2. The predicted molar refractivity (Wildman–Crippen MR) is 79.1 cm³/mol. The Balaban J connectivity index is 2.20. The number of hydrogen-bond acceptors (Lipinski definition) is 3. The van der Waals surface area contributed by atoms with Crippen LogP contribution in [0.25, 0.3) is 0 Å². The SMILES string of the molecule is O=S(=O)(CCc1ccccc1Cl)c1ncccc1Br. The number of sulfone groups is 1. The summed E-state index contributed by atoms with van der Waals surface area (Å²) < 4.78 is 24.9. The summed E-state index contributed by atoms with van der Waals surface area (Å²) in [6.45, 7) is 0. The molecule has 1 heterocycles. The fourth-order valence-electron chi connectivity index (χ4n) is 1.64. The van der Waals surface area contributed by atoms with Gasteiger partial charge in [-0.1, -0.05) is 29.8 Å². The number of benzene rings is 1. The lowest BCUT2D eigenvalue weighted by Crippen LogP contribution is -2.11. The van der Waals surface area contributed by atoms with E-state index in [-0.39, 0.29) is 10.8 Å². The van der Waals surface area contributed by atoms with Crippen molar-refractivity contribution in [3.05, 3.63) is 57.7 Å². The van der Waals surface area contributed by atoms with Gasteiger partial charge in [0.15, 0.2) is 14.9 Å². The van der Waals surface area contributed by atoms with Crippen LogP contribution in [0.2, 0.25) is 5.02 Å². The minimum atomic E-state index is -3.42. The van der Waals surface area contributed by atoms with Gasteiger partial charge < -0.3 is 0 Å². The lowest BCUT2D eigenvalue weighted by molar-refractivity contribution is 0.591. The standard InChI is InChI=1S/C13H11BrClNO2S/c14-11-5-3-8-16-13(11)19(17,18)9-7-10-4-1-2-6-12(10)15/h1-6,8H,7,9H2. The molecule has 0 amide bonds. The van der Waals surface area contributed by atoms with Gasteiger partial charge in [-0.15, -0.1) is 0 Å². The van der Waals surface area contributed by atoms with Gasteiger partial charge in [0, 0.05) is 11.2 Å². The first kappa shape index (κ1) is 14.5. The Bertz CT molecular complexity index is 689. The fraction of sp³-hybridized carbons (Fsp3) is 0.154. The van der Waals surface area contributed by atoms with Crippen LogP contribution in [-0.4, -0.2) is 19.2 Å². The third-order valence-corrected chi connectivity index (χ3v) is 5.54. The number of aryl methyl sites for hydroxylation is 1. The first-order valence-electron chi connectivity index (χ1n) is 5.57. The number of halogens is 2. The zero-order chi connectivity index (χ0) is 13.9. The van der Waals surface area contributed by atoms with Crippen molar-refractivity contribution in [1.82, 2.24) is 4.98 Å². The number of nitrogens with zero attached hydrogens (tertiary/aromatic N) is 1. The summed E-state index contributed by atoms with van der Waals surface area (Å²) in [5, 5.41) is 0.653. The van der Waals surface area contributed by atoms with Crippen molar-refractivity contribution >= 4 is 37.4 Å². The maximum absolute atomic E-state index is 12.2. The van der Waals surface area contributed by atoms with Gasteiger partial charge >= 0.3 is 0 Å². The lowest BCUT2D eigenvalue weighted by atomic mass is 10.2. The zero-order valence-electron chi connectivity index (χ0n) is 9.88. The van der Waals surface area contributed by atoms with Crippen LogP contribution in [-0.2, 0) is 16.3 Å². The molecule has 0 spiro atoms. The molecule has 0 aliphatic heterocycles. The van der Waals surface area contributed by atoms with Crippen molar-refractivity contribution in [2.75, 3.05) is 5.75 Å². The first-order valence-corrected chi connectivity index (χ1v) is 8.40. The summed E-state index contributed by atoms with van der Waals surface area (Å²) in [7, 11) is -3.42. The molecular weight excluding hydrogens is 350 g/mol. The molecule has 2 aromatic rings. The number of rotatable bonds is 4. The van der Waals surface area contributed by atoms with E-state index >= 15 is 0 Å². The fourth-order valence-corrected chi connectivity index (χ4v) is 4.14. The van der Waals surface area contributed by atoms with E-state index in [1.54, 1.807) is 18.2 Å². The zero-order valence-corrected chi connectivity index (χ0v) is 13.0. The highest BCUT2D eigenvalue weighted by Crippen LogP contribution is 2.22. The number of hydrogen-bond donors (Lipinski definition) is 0. The molecule has 0 N–H and O–H groups in total. The van der Waals surface area contributed by atoms with Crippen LogP contribution in [0.15, 0.2) is 52.1 Å². The minimum Gasteiger partial charge on any atom is -0.244 e. The van der Waals surface area contributed by atoms with Gasteiger partial charge in [-0.3, -0.25) is 0 Å². The van der Waals surface area contributed by atoms with Crippen molar-refractivity contribution in [2.24, 2.45) is 0 Å². The highest BCUT2D eigenvalue weighted by atomic mass is 79.9. The molecule has 3 nitrogen and oxygen atoms in total. The van der Waals surface area contributed by atoms with E-state index in [9.17, 15) is 8.42 Å². The molecule has 6 heteroatoms. The normalized spacial score (nSPS) is 11.5. The summed E-state index contributed by atoms with van der Waals surface area (Å²) in [5.74, 6) is -0.0215. The predicted octanol–water partition coefficient (Wildman–Crippen LogP) is 3.51. The molecule has 0 aliphatic carbocycles. The molecule has 1 aromatic carbocycles. The van der Waals surface area contributed by atoms with Crippen LogP contribution in [0.5, 0.6) is 0 Å². The summed E-state index contributed by atoms with van der Waals surface area (Å²) in [6.07, 6.45) is 1.83. The molecule has 0 fully saturated rings. The molecule has 0 aliphatic rings. The van der Waals surface area contributed by atoms with Crippen LogP contribution >= 0.6 is 27.5 Å². The van der Waals surface area contributed by atoms with E-state index in [0.29, 0.717) is 15.9 Å². The molecule has 19 heavy (non-hydrogen) atoms. The van der Waals surface area contributed by atoms with E-state index in [1.165, 1.54) is 6.20 Å². The molecule has 0 saturated heterocycles. The molecular formula is C13H11BrClNO2S. The average molecular weight is 361 g/mol. The Morgan fingerprint density at radius 1 is 1.16 bits per heavy atom. The highest BCUT2D eigenvalue weighted by Gasteiger charge is 2.19. The van der Waals surface area contributed by atoms with Crippen LogP contribution in [0.4, 0.5) is 0 Å². The van der Waals surface area contributed by atoms with Crippen LogP contribution in [0, 0.1) is 0 Å². The van der Waals surface area contributed by atoms with Gasteiger partial charge in [-0.05, 0) is 46.1 Å². The molecule has 0 radical (unpaired) electrons. The lowest BCUT2D eigenvalue weighted by Gasteiger charge is -2.06. The van der Waals surface area contributed by atoms with Gasteiger partial charge in [0.05, 0.1) is 10.2 Å². The van der Waals surface area contributed by atoms with E-state index in [2.05, 4.69) is 20.9 Å². The molecule has 0 atom stereocenters. The Labute approximate surface area is 125 Å². The second-order valence-corrected chi connectivity index (χ2v) is 7.24. The smallest absolute Gasteiger partial charge is 0.197 e. The van der Waals surface area contributed by atoms with Gasteiger partial charge in [-0.25, -0.2) is 13.4 Å². The topological polar surface area (TPSA) is 47.0 Å². The van der Waals surface area contributed by atoms with Crippen LogP contribution in [0.1, 0.15) is 5.56 Å². The van der Waals surface area contributed by atoms with Gasteiger partial charge in [-0.2, -0.15) is 0 Å². The minimum absolute atomic E-state index is 0.0215. The Kier molecular flexibility index (Phi) is 4.60. The van der Waals surface area contributed by atoms with Crippen molar-refractivity contribution in [2.45, 2.75) is 11.4 Å². The van der Waals surface area contributed by atoms with E-state index in [0.717, 1.165) is 5.56 Å². The van der Waals surface area contributed by atoms with Gasteiger partial charge in [0.25, 0.3) is 0 Å².